The summed E-state index contributed by atoms with van der Waals surface area (Å²) in [6.07, 6.45) is 1.97. The van der Waals surface area contributed by atoms with Crippen LogP contribution in [-0.4, -0.2) is 94.3 Å². The van der Waals surface area contributed by atoms with Crippen molar-refractivity contribution in [3.05, 3.63) is 99.6 Å². The normalized spacial score (nSPS) is 16.9. The number of alkyl halides is 2. The average Bonchev–Trinajstić information content (AvgIpc) is 3.97. The largest absolute Gasteiger partial charge is 0.497 e. The van der Waals surface area contributed by atoms with Crippen LogP contribution < -0.4 is 36.5 Å². The van der Waals surface area contributed by atoms with Crippen molar-refractivity contribution in [1.82, 2.24) is 35.2 Å². The lowest BCUT2D eigenvalue weighted by Gasteiger charge is -2.36. The molecule has 5 aromatic rings. The Labute approximate surface area is 397 Å². The highest BCUT2D eigenvalue weighted by Crippen LogP contribution is 2.44. The second-order valence-corrected chi connectivity index (χ2v) is 18.9. The van der Waals surface area contributed by atoms with Crippen molar-refractivity contribution in [2.45, 2.75) is 104 Å². The third-order valence-electron chi connectivity index (χ3n) is 13.0. The van der Waals surface area contributed by atoms with E-state index in [0.717, 1.165) is 41.3 Å². The van der Waals surface area contributed by atoms with Crippen LogP contribution in [0.4, 0.5) is 34.6 Å². The Bertz CT molecular complexity index is 2820. The van der Waals surface area contributed by atoms with E-state index in [2.05, 4.69) is 26.4 Å². The first-order valence-corrected chi connectivity index (χ1v) is 23.0. The molecule has 0 radical (unpaired) electrons. The molecule has 368 valence electrons. The van der Waals surface area contributed by atoms with Crippen molar-refractivity contribution in [3.63, 3.8) is 0 Å². The van der Waals surface area contributed by atoms with Crippen molar-refractivity contribution in [2.75, 3.05) is 37.5 Å². The summed E-state index contributed by atoms with van der Waals surface area (Å²) >= 11 is 0. The van der Waals surface area contributed by atoms with Gasteiger partial charge in [-0.1, -0.05) is 26.8 Å². The lowest BCUT2D eigenvalue weighted by Crippen LogP contribution is -2.59. The number of para-hydroxylation sites is 1. The SMILES string of the molecule is CN[C@@H](C)C(=O)N[C@H](C(=O)N1C[C@@H](NC(=O)CCCn2cc(-c3cc4c(cc3C(F)F)N(c3cc(OC)cc5c3cc(C)c(=O)n5C)CCC4)cn2)C[C@H]1C(=O)Nc1c(F)cccc1F)C(C)(C)C. The Morgan fingerprint density at radius 3 is 2.41 bits per heavy atom. The predicted molar refractivity (Wildman–Crippen MR) is 255 cm³/mol. The molecule has 0 spiro atoms. The number of benzene rings is 3. The second-order valence-electron chi connectivity index (χ2n) is 18.9. The number of methoxy groups -OCH3 is 1. The van der Waals surface area contributed by atoms with Crippen LogP contribution in [0.1, 0.15) is 76.5 Å². The predicted octanol–water partition coefficient (Wildman–Crippen LogP) is 6.66. The third kappa shape index (κ3) is 10.6. The molecule has 4 heterocycles. The topological polar surface area (TPSA) is 172 Å². The van der Waals surface area contributed by atoms with Crippen LogP contribution >= 0.6 is 0 Å². The van der Waals surface area contributed by atoms with Crippen LogP contribution in [-0.2, 0) is 39.2 Å². The van der Waals surface area contributed by atoms with Gasteiger partial charge in [0.1, 0.15) is 35.2 Å². The zero-order valence-electron chi connectivity index (χ0n) is 40.0. The number of halogens is 4. The van der Waals surface area contributed by atoms with E-state index in [1.54, 1.807) is 76.3 Å². The van der Waals surface area contributed by atoms with Crippen LogP contribution in [0.5, 0.6) is 5.75 Å². The van der Waals surface area contributed by atoms with Gasteiger partial charge in [-0.2, -0.15) is 5.10 Å². The second kappa shape index (κ2) is 20.5. The molecule has 1 fully saturated rings. The summed E-state index contributed by atoms with van der Waals surface area (Å²) < 4.78 is 68.0. The monoisotopic (exact) mass is 957 g/mol. The van der Waals surface area contributed by atoms with Gasteiger partial charge in [0, 0.05) is 85.2 Å². The summed E-state index contributed by atoms with van der Waals surface area (Å²) in [6.45, 7) is 9.30. The number of ether oxygens (including phenoxy) is 1. The molecule has 0 unspecified atom stereocenters. The van der Waals surface area contributed by atoms with Gasteiger partial charge in [0.05, 0.1) is 30.6 Å². The van der Waals surface area contributed by atoms with Gasteiger partial charge in [-0.15, -0.1) is 0 Å². The smallest absolute Gasteiger partial charge is 0.264 e. The minimum absolute atomic E-state index is 0.00310. The molecule has 2 aliphatic rings. The average molecular weight is 958 g/mol. The maximum absolute atomic E-state index is 15.0. The van der Waals surface area contributed by atoms with Gasteiger partial charge in [-0.3, -0.25) is 28.7 Å². The van der Waals surface area contributed by atoms with Gasteiger partial charge < -0.3 is 40.4 Å². The lowest BCUT2D eigenvalue weighted by molar-refractivity contribution is -0.143. The zero-order chi connectivity index (χ0) is 50.1. The van der Waals surface area contributed by atoms with Crippen molar-refractivity contribution >= 4 is 51.6 Å². The number of likely N-dealkylation sites (N-methyl/N-ethyl adjacent to an activating group) is 1. The molecule has 7 rings (SSSR count). The number of pyridine rings is 1. The summed E-state index contributed by atoms with van der Waals surface area (Å²) in [7, 11) is 4.82. The number of anilines is 3. The van der Waals surface area contributed by atoms with E-state index >= 15 is 8.78 Å². The Balaban J connectivity index is 1.05. The Hall–Kier alpha value is -6.76. The summed E-state index contributed by atoms with van der Waals surface area (Å²) in [5.41, 5.74) is 2.45. The van der Waals surface area contributed by atoms with E-state index in [0.29, 0.717) is 53.0 Å². The van der Waals surface area contributed by atoms with Crippen LogP contribution in [0.2, 0.25) is 0 Å². The first kappa shape index (κ1) is 50.1. The highest BCUT2D eigenvalue weighted by molar-refractivity contribution is 6.00. The summed E-state index contributed by atoms with van der Waals surface area (Å²) in [5, 5.41) is 16.0. The molecule has 3 aromatic carbocycles. The molecular weight excluding hydrogens is 899 g/mol. The highest BCUT2D eigenvalue weighted by atomic mass is 19.3. The number of nitrogens with zero attached hydrogens (tertiary/aromatic N) is 5. The number of hydrogen-bond donors (Lipinski definition) is 4. The van der Waals surface area contributed by atoms with E-state index in [-0.39, 0.29) is 37.1 Å². The van der Waals surface area contributed by atoms with Crippen molar-refractivity contribution in [1.29, 1.82) is 0 Å². The number of fused-ring (bicyclic) bond motifs is 2. The molecular formula is C50H59F4N9O6. The van der Waals surface area contributed by atoms with Crippen LogP contribution in [0, 0.1) is 24.0 Å². The first-order valence-electron chi connectivity index (χ1n) is 23.0. The molecule has 0 bridgehead atoms. The maximum atomic E-state index is 15.0. The molecule has 15 nitrogen and oxygen atoms in total. The van der Waals surface area contributed by atoms with E-state index in [9.17, 15) is 32.8 Å². The molecule has 2 aromatic heterocycles. The van der Waals surface area contributed by atoms with E-state index in [1.165, 1.54) is 24.3 Å². The summed E-state index contributed by atoms with van der Waals surface area (Å²) in [4.78, 5) is 70.5. The van der Waals surface area contributed by atoms with Crippen molar-refractivity contribution in [2.24, 2.45) is 12.5 Å². The van der Waals surface area contributed by atoms with Crippen LogP contribution in [0.3, 0.4) is 0 Å². The van der Waals surface area contributed by atoms with E-state index in [4.69, 9.17) is 4.74 Å². The van der Waals surface area contributed by atoms with Gasteiger partial charge in [0.25, 0.3) is 12.0 Å². The van der Waals surface area contributed by atoms with Crippen molar-refractivity contribution < 1.29 is 41.5 Å². The Kier molecular flexibility index (Phi) is 14.9. The van der Waals surface area contributed by atoms with Gasteiger partial charge in [-0.25, -0.2) is 17.6 Å². The van der Waals surface area contributed by atoms with Crippen molar-refractivity contribution in [3.8, 4) is 16.9 Å². The first-order chi connectivity index (χ1) is 32.7. The number of aromatic nitrogens is 3. The molecule has 19 heteroatoms. The maximum Gasteiger partial charge on any atom is 0.264 e. The molecule has 4 amide bonds. The number of carbonyl (C=O) groups excluding carboxylic acids is 4. The fraction of sp³-hybridized carbons (Fsp3) is 0.440. The number of nitrogens with one attached hydrogen (secondary N) is 4. The van der Waals surface area contributed by atoms with Gasteiger partial charge in [0.2, 0.25) is 23.6 Å². The fourth-order valence-electron chi connectivity index (χ4n) is 9.14. The molecule has 1 saturated heterocycles. The van der Waals surface area contributed by atoms with Gasteiger partial charge in [0.15, 0.2) is 0 Å². The standard InChI is InChI=1S/C50H59F4N9O6/c1-27-18-35-39(60(7)48(27)67)21-32(69-8)22-40(35)62-17-10-12-29-19-33(34(45(53)54)23-38(29)62)30-24-56-61(25-30)16-11-15-42(64)57-31-20-41(47(66)58-43-36(51)13-9-14-37(43)52)63(26-31)49(68)44(50(3,4)5)59-46(65)28(2)55-6/h9,13-14,18-19,21-25,28,31,41,44-45,55H,10-12,15-17,20,26H2,1-8H3,(H,57,64)(H,58,66)(H,59,65)/t28-,31-,41-,44+/m0/s1. The number of amides is 4. The zero-order valence-corrected chi connectivity index (χ0v) is 40.0. The quantitative estimate of drug-likeness (QED) is 0.0838. The Morgan fingerprint density at radius 2 is 1.74 bits per heavy atom. The number of hydrogen-bond acceptors (Lipinski definition) is 9. The number of carbonyl (C=O) groups is 4. The Morgan fingerprint density at radius 1 is 1.01 bits per heavy atom. The van der Waals surface area contributed by atoms with E-state index in [1.807, 2.05) is 17.0 Å². The number of aryl methyl sites for hydroxylation is 4. The minimum Gasteiger partial charge on any atom is -0.497 e. The minimum atomic E-state index is -2.82. The lowest BCUT2D eigenvalue weighted by atomic mass is 9.85. The molecule has 0 saturated carbocycles. The molecule has 2 aliphatic heterocycles. The third-order valence-corrected chi connectivity index (χ3v) is 13.0. The van der Waals surface area contributed by atoms with Crippen LogP contribution in [0.15, 0.2) is 65.7 Å². The highest BCUT2D eigenvalue weighted by Gasteiger charge is 2.46. The molecule has 4 atom stereocenters. The number of likely N-dealkylation sites (tertiary alicyclic amines) is 1. The summed E-state index contributed by atoms with van der Waals surface area (Å²) in [5.74, 6) is -3.83. The molecule has 4 N–H and O–H groups in total. The van der Waals surface area contributed by atoms with Gasteiger partial charge in [-0.05, 0) is 93.5 Å². The summed E-state index contributed by atoms with van der Waals surface area (Å²) in [6, 6.07) is 8.16. The van der Waals surface area contributed by atoms with Gasteiger partial charge >= 0.3 is 0 Å². The molecule has 69 heavy (non-hydrogen) atoms. The fourth-order valence-corrected chi connectivity index (χ4v) is 9.14. The molecule has 0 aliphatic carbocycles. The van der Waals surface area contributed by atoms with E-state index < -0.39 is 77.0 Å². The number of rotatable bonds is 15. The van der Waals surface area contributed by atoms with Crippen LogP contribution in [0.25, 0.3) is 22.0 Å².